The van der Waals surface area contributed by atoms with Crippen LogP contribution in [0.25, 0.3) is 0 Å². The highest BCUT2D eigenvalue weighted by atomic mass is 16.6. The zero-order valence-electron chi connectivity index (χ0n) is 8.59. The van der Waals surface area contributed by atoms with Crippen molar-refractivity contribution in [1.29, 1.82) is 0 Å². The van der Waals surface area contributed by atoms with Gasteiger partial charge in [-0.05, 0) is 12.8 Å². The summed E-state index contributed by atoms with van der Waals surface area (Å²) in [5.41, 5.74) is 4.72. The maximum absolute atomic E-state index is 10.6. The van der Waals surface area contributed by atoms with Gasteiger partial charge in [0.2, 0.25) is 0 Å². The number of hydrogen-bond donors (Lipinski definition) is 2. The second kappa shape index (κ2) is 6.72. The van der Waals surface area contributed by atoms with Crippen molar-refractivity contribution in [2.24, 2.45) is 10.7 Å². The average molecular weight is 213 g/mol. The summed E-state index contributed by atoms with van der Waals surface area (Å²) in [7, 11) is 1.37. The topological polar surface area (TPSA) is 102 Å². The Bertz CT molecular complexity index is 297. The first-order valence-corrected chi connectivity index (χ1v) is 4.40. The smallest absolute Gasteiger partial charge is 0.308 e. The molecule has 3 N–H and O–H groups in total. The van der Waals surface area contributed by atoms with E-state index in [4.69, 9.17) is 5.73 Å². The lowest BCUT2D eigenvalue weighted by atomic mass is 10.1. The van der Waals surface area contributed by atoms with E-state index in [-0.39, 0.29) is 11.4 Å². The number of aliphatic imine (C=N–C) groups is 1. The first-order chi connectivity index (χ1) is 7.08. The molecule has 1 unspecified atom stereocenters. The number of nitrogens with zero attached hydrogens (tertiary/aromatic N) is 2. The highest BCUT2D eigenvalue weighted by molar-refractivity contribution is 6.01. The van der Waals surface area contributed by atoms with Crippen LogP contribution in [0.1, 0.15) is 12.8 Å². The third kappa shape index (κ3) is 3.90. The predicted octanol–water partition coefficient (Wildman–Crippen LogP) is 0.461. The molecule has 0 fully saturated rings. The minimum Gasteiger partial charge on any atom is -0.399 e. The van der Waals surface area contributed by atoms with Gasteiger partial charge in [-0.15, -0.1) is 6.58 Å². The fourth-order valence-electron chi connectivity index (χ4n) is 1.09. The molecule has 6 nitrogen and oxygen atoms in total. The predicted molar refractivity (Wildman–Crippen MR) is 58.1 cm³/mol. The van der Waals surface area contributed by atoms with Crippen molar-refractivity contribution in [2.45, 2.75) is 18.9 Å². The monoisotopic (exact) mass is 213 g/mol. The van der Waals surface area contributed by atoms with Gasteiger partial charge in [0.05, 0.1) is 11.1 Å². The summed E-state index contributed by atoms with van der Waals surface area (Å²) in [5, 5.41) is 20.2. The first kappa shape index (κ1) is 13.3. The maximum Gasteiger partial charge on any atom is 0.308 e. The third-order valence-corrected chi connectivity index (χ3v) is 1.82. The minimum atomic E-state index is -0.992. The second-order valence-corrected chi connectivity index (χ2v) is 2.80. The molecule has 84 valence electrons. The van der Waals surface area contributed by atoms with Crippen LogP contribution in [-0.4, -0.2) is 28.9 Å². The van der Waals surface area contributed by atoms with Crippen LogP contribution in [0.3, 0.4) is 0 Å². The lowest BCUT2D eigenvalue weighted by Crippen LogP contribution is -2.26. The Labute approximate surface area is 88.0 Å². The van der Waals surface area contributed by atoms with Gasteiger partial charge >= 0.3 is 5.70 Å². The van der Waals surface area contributed by atoms with Crippen LogP contribution in [0.15, 0.2) is 29.5 Å². The van der Waals surface area contributed by atoms with Gasteiger partial charge in [-0.1, -0.05) is 6.08 Å². The van der Waals surface area contributed by atoms with Gasteiger partial charge in [0.1, 0.15) is 11.8 Å². The molecule has 1 atom stereocenters. The summed E-state index contributed by atoms with van der Waals surface area (Å²) in [6.07, 6.45) is 2.35. The molecule has 0 amide bonds. The summed E-state index contributed by atoms with van der Waals surface area (Å²) in [5.74, 6) is 0. The van der Waals surface area contributed by atoms with Gasteiger partial charge in [0.15, 0.2) is 0 Å². The molecule has 0 saturated carbocycles. The van der Waals surface area contributed by atoms with E-state index < -0.39 is 11.0 Å². The normalized spacial score (nSPS) is 14.8. The number of aliphatic hydroxyl groups is 1. The third-order valence-electron chi connectivity index (χ3n) is 1.82. The maximum atomic E-state index is 10.6. The van der Waals surface area contributed by atoms with Crippen LogP contribution in [0.5, 0.6) is 0 Å². The van der Waals surface area contributed by atoms with E-state index in [1.54, 1.807) is 6.08 Å². The van der Waals surface area contributed by atoms with E-state index in [1.165, 1.54) is 7.05 Å². The standard InChI is InChI=1S/C9H15N3O3/c1-3-4-5-8(13)9(11-2)7(6-10)12(14)15/h3,6,8,13H,1,4-5,10H2,2H3/b7-6+,11-9?. The van der Waals surface area contributed by atoms with Gasteiger partial charge < -0.3 is 10.8 Å². The molecule has 0 heterocycles. The Balaban J connectivity index is 4.76. The van der Waals surface area contributed by atoms with Crippen LogP contribution in [0.4, 0.5) is 0 Å². The molecule has 0 aliphatic heterocycles. The molecule has 0 aromatic rings. The quantitative estimate of drug-likeness (QED) is 0.289. The molecular weight excluding hydrogens is 198 g/mol. The van der Waals surface area contributed by atoms with Gasteiger partial charge in [0, 0.05) is 7.05 Å². The fourth-order valence-corrected chi connectivity index (χ4v) is 1.09. The van der Waals surface area contributed by atoms with Gasteiger partial charge in [0.25, 0.3) is 0 Å². The lowest BCUT2D eigenvalue weighted by molar-refractivity contribution is -0.415. The summed E-state index contributed by atoms with van der Waals surface area (Å²) in [6, 6.07) is 0. The molecule has 0 spiro atoms. The van der Waals surface area contributed by atoms with E-state index in [9.17, 15) is 15.2 Å². The van der Waals surface area contributed by atoms with Crippen LogP contribution >= 0.6 is 0 Å². The Morgan fingerprint density at radius 2 is 2.40 bits per heavy atom. The Hall–Kier alpha value is -1.69. The lowest BCUT2D eigenvalue weighted by Gasteiger charge is -2.09. The van der Waals surface area contributed by atoms with Crippen molar-refractivity contribution in [3.05, 3.63) is 34.7 Å². The van der Waals surface area contributed by atoms with Gasteiger partial charge in [-0.3, -0.25) is 15.1 Å². The minimum absolute atomic E-state index is 0.00986. The Morgan fingerprint density at radius 3 is 2.73 bits per heavy atom. The summed E-state index contributed by atoms with van der Waals surface area (Å²) in [4.78, 5) is 13.6. The summed E-state index contributed by atoms with van der Waals surface area (Å²) in [6.45, 7) is 3.49. The highest BCUT2D eigenvalue weighted by Gasteiger charge is 2.24. The van der Waals surface area contributed by atoms with Crippen LogP contribution in [-0.2, 0) is 0 Å². The Morgan fingerprint density at radius 1 is 1.80 bits per heavy atom. The van der Waals surface area contributed by atoms with E-state index in [2.05, 4.69) is 11.6 Å². The fraction of sp³-hybridized carbons (Fsp3) is 0.444. The molecule has 0 radical (unpaired) electrons. The number of aliphatic hydroxyl groups excluding tert-OH is 1. The van der Waals surface area contributed by atoms with Crippen molar-refractivity contribution < 1.29 is 10.0 Å². The molecule has 6 heteroatoms. The van der Waals surface area contributed by atoms with Gasteiger partial charge in [-0.2, -0.15) is 0 Å². The van der Waals surface area contributed by atoms with Crippen molar-refractivity contribution >= 4 is 5.71 Å². The number of allylic oxidation sites excluding steroid dienone is 1. The SMILES string of the molecule is C=CCCC(O)C(=NC)/C(=C\N)[N+](=O)[O-]. The molecule has 15 heavy (non-hydrogen) atoms. The summed E-state index contributed by atoms with van der Waals surface area (Å²) < 4.78 is 0. The van der Waals surface area contributed by atoms with Crippen molar-refractivity contribution in [3.8, 4) is 0 Å². The van der Waals surface area contributed by atoms with E-state index in [0.29, 0.717) is 12.8 Å². The molecule has 0 aromatic carbocycles. The molecule has 0 saturated heterocycles. The van der Waals surface area contributed by atoms with Gasteiger partial charge in [-0.25, -0.2) is 0 Å². The number of hydrogen-bond acceptors (Lipinski definition) is 5. The average Bonchev–Trinajstić information content (AvgIpc) is 2.21. The number of rotatable bonds is 6. The molecule has 0 bridgehead atoms. The van der Waals surface area contributed by atoms with Crippen LogP contribution in [0.2, 0.25) is 0 Å². The zero-order valence-corrected chi connectivity index (χ0v) is 8.59. The summed E-state index contributed by atoms with van der Waals surface area (Å²) >= 11 is 0. The van der Waals surface area contributed by atoms with Crippen molar-refractivity contribution in [3.63, 3.8) is 0 Å². The molecule has 0 aliphatic carbocycles. The van der Waals surface area contributed by atoms with Crippen LogP contribution < -0.4 is 5.73 Å². The van der Waals surface area contributed by atoms with E-state index >= 15 is 0 Å². The number of nitrogens with two attached hydrogens (primary N) is 1. The van der Waals surface area contributed by atoms with Crippen molar-refractivity contribution in [2.75, 3.05) is 7.05 Å². The highest BCUT2D eigenvalue weighted by Crippen LogP contribution is 2.08. The largest absolute Gasteiger partial charge is 0.399 e. The number of nitro groups is 1. The molecule has 0 rings (SSSR count). The molecular formula is C9H15N3O3. The van der Waals surface area contributed by atoms with Crippen molar-refractivity contribution in [1.82, 2.24) is 0 Å². The zero-order chi connectivity index (χ0) is 11.8. The van der Waals surface area contributed by atoms with E-state index in [0.717, 1.165) is 6.20 Å². The molecule has 0 aromatic heterocycles. The van der Waals surface area contributed by atoms with E-state index in [1.807, 2.05) is 0 Å². The molecule has 0 aliphatic rings. The second-order valence-electron chi connectivity index (χ2n) is 2.80. The first-order valence-electron chi connectivity index (χ1n) is 4.40. The Kier molecular flexibility index (Phi) is 5.96. The van der Waals surface area contributed by atoms with Crippen LogP contribution in [0, 0.1) is 10.1 Å².